The van der Waals surface area contributed by atoms with Crippen molar-refractivity contribution in [1.82, 2.24) is 4.90 Å². The standard InChI is InChI=1S/C27H30Cl2N2O5S/c1-6-21(25(33)30-11-13-36-14-12-30)31(24(32)19-8-7-17(28)15-20(19)29)22-16-18(9-10-27(2,3)4)37-23(22)26(34)35-5/h7-8,15-16,21H,6,11-14H2,1-5H3/t21-/m0/s1. The lowest BCUT2D eigenvalue weighted by Gasteiger charge is -2.36. The summed E-state index contributed by atoms with van der Waals surface area (Å²) in [7, 11) is 1.27. The minimum absolute atomic E-state index is 0.138. The number of rotatable bonds is 6. The van der Waals surface area contributed by atoms with Gasteiger partial charge in [0, 0.05) is 23.5 Å². The molecule has 37 heavy (non-hydrogen) atoms. The third-order valence-electron chi connectivity index (χ3n) is 5.59. The zero-order chi connectivity index (χ0) is 27.3. The summed E-state index contributed by atoms with van der Waals surface area (Å²) >= 11 is 13.6. The minimum Gasteiger partial charge on any atom is -0.465 e. The first-order valence-electron chi connectivity index (χ1n) is 11.9. The highest BCUT2D eigenvalue weighted by atomic mass is 35.5. The van der Waals surface area contributed by atoms with Gasteiger partial charge in [-0.3, -0.25) is 14.5 Å². The second-order valence-electron chi connectivity index (χ2n) is 9.48. The smallest absolute Gasteiger partial charge is 0.350 e. The summed E-state index contributed by atoms with van der Waals surface area (Å²) in [6, 6.07) is 5.29. The van der Waals surface area contributed by atoms with E-state index in [0.29, 0.717) is 42.6 Å². The maximum atomic E-state index is 14.1. The molecule has 2 heterocycles. The highest BCUT2D eigenvalue weighted by Gasteiger charge is 2.37. The van der Waals surface area contributed by atoms with Crippen molar-refractivity contribution in [3.63, 3.8) is 0 Å². The summed E-state index contributed by atoms with van der Waals surface area (Å²) in [6.45, 7) is 9.39. The van der Waals surface area contributed by atoms with Crippen molar-refractivity contribution >= 4 is 58.0 Å². The average Bonchev–Trinajstić information content (AvgIpc) is 3.28. The molecule has 10 heteroatoms. The van der Waals surface area contributed by atoms with Gasteiger partial charge in [0.05, 0.1) is 41.5 Å². The Morgan fingerprint density at radius 3 is 2.43 bits per heavy atom. The van der Waals surface area contributed by atoms with Crippen LogP contribution in [-0.2, 0) is 14.3 Å². The topological polar surface area (TPSA) is 76.2 Å². The Hall–Kier alpha value is -2.57. The number of anilines is 1. The van der Waals surface area contributed by atoms with Gasteiger partial charge in [-0.1, -0.05) is 42.0 Å². The quantitative estimate of drug-likeness (QED) is 0.341. The van der Waals surface area contributed by atoms with E-state index in [1.807, 2.05) is 27.7 Å². The number of nitrogens with zero attached hydrogens (tertiary/aromatic N) is 2. The van der Waals surface area contributed by atoms with Crippen LogP contribution in [0.15, 0.2) is 24.3 Å². The van der Waals surface area contributed by atoms with E-state index in [-0.39, 0.29) is 32.5 Å². The summed E-state index contributed by atoms with van der Waals surface area (Å²) in [5.74, 6) is 4.84. The van der Waals surface area contributed by atoms with E-state index in [2.05, 4.69) is 11.8 Å². The Morgan fingerprint density at radius 1 is 1.19 bits per heavy atom. The number of halogens is 2. The number of esters is 1. The lowest BCUT2D eigenvalue weighted by Crippen LogP contribution is -2.53. The Morgan fingerprint density at radius 2 is 1.86 bits per heavy atom. The van der Waals surface area contributed by atoms with Crippen molar-refractivity contribution < 1.29 is 23.9 Å². The molecule has 1 aromatic carbocycles. The molecule has 2 amide bonds. The number of amides is 2. The van der Waals surface area contributed by atoms with Crippen LogP contribution < -0.4 is 4.90 Å². The molecule has 198 valence electrons. The number of benzene rings is 1. The van der Waals surface area contributed by atoms with Gasteiger partial charge < -0.3 is 14.4 Å². The molecule has 1 fully saturated rings. The predicted molar refractivity (Wildman–Crippen MR) is 147 cm³/mol. The number of ether oxygens (including phenoxy) is 2. The van der Waals surface area contributed by atoms with E-state index in [1.165, 1.54) is 24.1 Å². The molecule has 0 saturated carbocycles. The normalized spacial score (nSPS) is 14.4. The Bertz CT molecular complexity index is 1240. The third kappa shape index (κ3) is 7.05. The van der Waals surface area contributed by atoms with Crippen molar-refractivity contribution in [2.45, 2.75) is 40.2 Å². The summed E-state index contributed by atoms with van der Waals surface area (Å²) in [5.41, 5.74) is 0.128. The first kappa shape index (κ1) is 29.0. The fraction of sp³-hybridized carbons (Fsp3) is 0.444. The summed E-state index contributed by atoms with van der Waals surface area (Å²) < 4.78 is 10.4. The van der Waals surface area contributed by atoms with Gasteiger partial charge in [-0.15, -0.1) is 11.3 Å². The molecule has 2 aromatic rings. The maximum absolute atomic E-state index is 14.1. The maximum Gasteiger partial charge on any atom is 0.350 e. The van der Waals surface area contributed by atoms with E-state index < -0.39 is 17.9 Å². The average molecular weight is 566 g/mol. The number of morpholine rings is 1. The third-order valence-corrected chi connectivity index (χ3v) is 7.16. The first-order valence-corrected chi connectivity index (χ1v) is 13.4. The predicted octanol–water partition coefficient (Wildman–Crippen LogP) is 5.52. The molecule has 0 N–H and O–H groups in total. The van der Waals surface area contributed by atoms with E-state index >= 15 is 0 Å². The molecule has 0 aliphatic carbocycles. The molecule has 3 rings (SSSR count). The van der Waals surface area contributed by atoms with Crippen LogP contribution in [0.5, 0.6) is 0 Å². The SMILES string of the molecule is CC[C@@H](C(=O)N1CCOCC1)N(C(=O)c1ccc(Cl)cc1Cl)c1cc(C#CC(C)(C)C)sc1C(=O)OC. The molecule has 1 aromatic heterocycles. The van der Waals surface area contributed by atoms with Gasteiger partial charge >= 0.3 is 5.97 Å². The zero-order valence-electron chi connectivity index (χ0n) is 21.5. The molecule has 0 spiro atoms. The Labute approximate surface area is 231 Å². The molecule has 1 atom stereocenters. The molecule has 0 bridgehead atoms. The van der Waals surface area contributed by atoms with Crippen LogP contribution in [0.1, 0.15) is 59.0 Å². The van der Waals surface area contributed by atoms with E-state index in [9.17, 15) is 14.4 Å². The van der Waals surface area contributed by atoms with Crippen LogP contribution in [0.2, 0.25) is 10.0 Å². The second-order valence-corrected chi connectivity index (χ2v) is 11.4. The molecular formula is C27H30Cl2N2O5S. The van der Waals surface area contributed by atoms with Crippen LogP contribution in [-0.4, -0.2) is 62.1 Å². The molecule has 7 nitrogen and oxygen atoms in total. The van der Waals surface area contributed by atoms with Crippen molar-refractivity contribution in [3.8, 4) is 11.8 Å². The minimum atomic E-state index is -0.904. The summed E-state index contributed by atoms with van der Waals surface area (Å²) in [6.07, 6.45) is 0.298. The van der Waals surface area contributed by atoms with Gasteiger partial charge in [-0.25, -0.2) is 4.79 Å². The van der Waals surface area contributed by atoms with Crippen LogP contribution in [0, 0.1) is 17.3 Å². The Balaban J connectivity index is 2.21. The van der Waals surface area contributed by atoms with Gasteiger partial charge in [0.15, 0.2) is 0 Å². The largest absolute Gasteiger partial charge is 0.465 e. The van der Waals surface area contributed by atoms with Gasteiger partial charge in [-0.05, 0) is 51.5 Å². The van der Waals surface area contributed by atoms with E-state index in [4.69, 9.17) is 32.7 Å². The van der Waals surface area contributed by atoms with Gasteiger partial charge in [0.1, 0.15) is 10.9 Å². The number of carbonyl (C=O) groups is 3. The number of thiophene rings is 1. The van der Waals surface area contributed by atoms with Crippen molar-refractivity contribution in [2.75, 3.05) is 38.3 Å². The van der Waals surface area contributed by atoms with Crippen LogP contribution in [0.4, 0.5) is 5.69 Å². The fourth-order valence-electron chi connectivity index (χ4n) is 3.78. The lowest BCUT2D eigenvalue weighted by molar-refractivity contribution is -0.136. The molecule has 0 unspecified atom stereocenters. The highest BCUT2D eigenvalue weighted by molar-refractivity contribution is 7.15. The van der Waals surface area contributed by atoms with E-state index in [0.717, 1.165) is 11.3 Å². The second kappa shape index (κ2) is 12.3. The zero-order valence-corrected chi connectivity index (χ0v) is 23.9. The highest BCUT2D eigenvalue weighted by Crippen LogP contribution is 2.36. The summed E-state index contributed by atoms with van der Waals surface area (Å²) in [4.78, 5) is 44.4. The molecular weight excluding hydrogens is 535 g/mol. The van der Waals surface area contributed by atoms with Gasteiger partial charge in [0.2, 0.25) is 5.91 Å². The van der Waals surface area contributed by atoms with Crippen molar-refractivity contribution in [3.05, 3.63) is 49.6 Å². The number of methoxy groups -OCH3 is 1. The number of carbonyl (C=O) groups excluding carboxylic acids is 3. The monoisotopic (exact) mass is 564 g/mol. The summed E-state index contributed by atoms with van der Waals surface area (Å²) in [5, 5.41) is 0.508. The van der Waals surface area contributed by atoms with E-state index in [1.54, 1.807) is 17.0 Å². The van der Waals surface area contributed by atoms with Crippen LogP contribution >= 0.6 is 34.5 Å². The number of hydrogen-bond acceptors (Lipinski definition) is 6. The van der Waals surface area contributed by atoms with Crippen LogP contribution in [0.3, 0.4) is 0 Å². The van der Waals surface area contributed by atoms with Gasteiger partial charge in [0.25, 0.3) is 5.91 Å². The fourth-order valence-corrected chi connectivity index (χ4v) is 5.19. The van der Waals surface area contributed by atoms with Crippen molar-refractivity contribution in [1.29, 1.82) is 0 Å². The molecule has 1 aliphatic heterocycles. The lowest BCUT2D eigenvalue weighted by atomic mass is 9.98. The Kier molecular flexibility index (Phi) is 9.65. The number of hydrogen-bond donors (Lipinski definition) is 0. The van der Waals surface area contributed by atoms with Gasteiger partial charge in [-0.2, -0.15) is 0 Å². The van der Waals surface area contributed by atoms with Crippen molar-refractivity contribution in [2.24, 2.45) is 5.41 Å². The van der Waals surface area contributed by atoms with Crippen LogP contribution in [0.25, 0.3) is 0 Å². The first-order chi connectivity index (χ1) is 17.5. The molecule has 1 aliphatic rings. The molecule has 0 radical (unpaired) electrons. The molecule has 1 saturated heterocycles.